The van der Waals surface area contributed by atoms with Gasteiger partial charge in [-0.1, -0.05) is 18.6 Å². The predicted molar refractivity (Wildman–Crippen MR) is 79.7 cm³/mol. The van der Waals surface area contributed by atoms with Crippen molar-refractivity contribution in [2.45, 2.75) is 38.0 Å². The van der Waals surface area contributed by atoms with Crippen LogP contribution >= 0.6 is 0 Å². The van der Waals surface area contributed by atoms with Gasteiger partial charge in [-0.2, -0.15) is 0 Å². The van der Waals surface area contributed by atoms with Crippen LogP contribution in [0.5, 0.6) is 0 Å². The maximum atomic E-state index is 12.7. The van der Waals surface area contributed by atoms with Crippen LogP contribution in [0.3, 0.4) is 0 Å². The minimum absolute atomic E-state index is 0.0604. The van der Waals surface area contributed by atoms with Crippen LogP contribution in [0.4, 0.5) is 0 Å². The zero-order chi connectivity index (χ0) is 14.4. The molecule has 21 heavy (non-hydrogen) atoms. The van der Waals surface area contributed by atoms with Crippen molar-refractivity contribution >= 4 is 16.8 Å². The second-order valence-corrected chi connectivity index (χ2v) is 6.01. The lowest BCUT2D eigenvalue weighted by molar-refractivity contribution is -0.118. The molecule has 0 bridgehead atoms. The molecule has 1 amide bonds. The number of carbonyl (C=O) groups excluding carboxylic acids is 1. The maximum absolute atomic E-state index is 12.7. The Bertz CT molecular complexity index is 773. The molecule has 5 heteroatoms. The van der Waals surface area contributed by atoms with Gasteiger partial charge in [-0.25, -0.2) is 9.66 Å². The highest BCUT2D eigenvalue weighted by molar-refractivity contribution is 5.88. The largest absolute Gasteiger partial charge is 0.280 e. The van der Waals surface area contributed by atoms with E-state index in [9.17, 15) is 9.59 Å². The van der Waals surface area contributed by atoms with Gasteiger partial charge in [-0.3, -0.25) is 15.0 Å². The van der Waals surface area contributed by atoms with E-state index in [4.69, 9.17) is 0 Å². The highest BCUT2D eigenvalue weighted by Crippen LogP contribution is 2.35. The average Bonchev–Trinajstić information content (AvgIpc) is 3.25. The Balaban J connectivity index is 1.85. The quantitative estimate of drug-likeness (QED) is 0.938. The first-order valence-electron chi connectivity index (χ1n) is 7.56. The molecule has 2 aliphatic carbocycles. The monoisotopic (exact) mass is 283 g/mol. The third-order valence-corrected chi connectivity index (χ3v) is 4.44. The molecule has 4 rings (SSSR count). The van der Waals surface area contributed by atoms with Crippen LogP contribution in [-0.4, -0.2) is 15.6 Å². The molecule has 1 heterocycles. The van der Waals surface area contributed by atoms with E-state index >= 15 is 0 Å². The zero-order valence-corrected chi connectivity index (χ0v) is 11.7. The molecule has 0 radical (unpaired) electrons. The number of rotatable bonds is 3. The highest BCUT2D eigenvalue weighted by atomic mass is 16.2. The number of nitrogens with zero attached hydrogens (tertiary/aromatic N) is 2. The zero-order valence-electron chi connectivity index (χ0n) is 11.7. The molecule has 0 atom stereocenters. The molecule has 0 spiro atoms. The van der Waals surface area contributed by atoms with Gasteiger partial charge < -0.3 is 0 Å². The first kappa shape index (κ1) is 12.6. The van der Waals surface area contributed by atoms with Crippen molar-refractivity contribution in [1.82, 2.24) is 9.66 Å². The molecular formula is C16H17N3O2. The summed E-state index contributed by atoms with van der Waals surface area (Å²) >= 11 is 0. The Kier molecular flexibility index (Phi) is 2.80. The Morgan fingerprint density at radius 2 is 1.95 bits per heavy atom. The molecule has 108 valence electrons. The highest BCUT2D eigenvalue weighted by Gasteiger charge is 2.32. The van der Waals surface area contributed by atoms with Crippen LogP contribution in [0, 0.1) is 5.92 Å². The number of carbonyl (C=O) groups is 1. The van der Waals surface area contributed by atoms with Gasteiger partial charge in [-0.05, 0) is 37.8 Å². The van der Waals surface area contributed by atoms with E-state index in [1.807, 2.05) is 18.2 Å². The van der Waals surface area contributed by atoms with Crippen molar-refractivity contribution in [1.29, 1.82) is 0 Å². The summed E-state index contributed by atoms with van der Waals surface area (Å²) in [6, 6.07) is 7.31. The maximum Gasteiger partial charge on any atom is 0.280 e. The van der Waals surface area contributed by atoms with E-state index < -0.39 is 0 Å². The van der Waals surface area contributed by atoms with Crippen molar-refractivity contribution in [3.8, 4) is 0 Å². The van der Waals surface area contributed by atoms with Gasteiger partial charge >= 0.3 is 0 Å². The molecular weight excluding hydrogens is 266 g/mol. The van der Waals surface area contributed by atoms with Crippen LogP contribution < -0.4 is 11.0 Å². The van der Waals surface area contributed by atoms with Gasteiger partial charge in [0, 0.05) is 11.8 Å². The fourth-order valence-corrected chi connectivity index (χ4v) is 2.75. The summed E-state index contributed by atoms with van der Waals surface area (Å²) in [4.78, 5) is 29.4. The molecule has 0 saturated heterocycles. The van der Waals surface area contributed by atoms with E-state index in [1.54, 1.807) is 6.07 Å². The molecule has 2 saturated carbocycles. The molecule has 0 aliphatic heterocycles. The topological polar surface area (TPSA) is 64.0 Å². The third kappa shape index (κ3) is 2.13. The second-order valence-electron chi connectivity index (χ2n) is 6.01. The van der Waals surface area contributed by atoms with Crippen molar-refractivity contribution in [3.05, 3.63) is 40.4 Å². The van der Waals surface area contributed by atoms with Gasteiger partial charge in [0.25, 0.3) is 5.56 Å². The lowest BCUT2D eigenvalue weighted by Crippen LogP contribution is -2.38. The molecule has 2 fully saturated rings. The van der Waals surface area contributed by atoms with Crippen molar-refractivity contribution in [2.75, 3.05) is 5.43 Å². The lowest BCUT2D eigenvalue weighted by atomic mass is 9.84. The third-order valence-electron chi connectivity index (χ3n) is 4.44. The molecule has 2 aliphatic rings. The number of para-hydroxylation sites is 1. The normalized spacial score (nSPS) is 18.5. The Morgan fingerprint density at radius 3 is 2.62 bits per heavy atom. The first-order valence-corrected chi connectivity index (χ1v) is 7.56. The number of nitrogens with one attached hydrogen (secondary N) is 1. The van der Waals surface area contributed by atoms with Crippen LogP contribution in [0.1, 0.15) is 43.8 Å². The van der Waals surface area contributed by atoms with Gasteiger partial charge in [0.05, 0.1) is 10.9 Å². The number of amides is 1. The van der Waals surface area contributed by atoms with Crippen LogP contribution in [0.2, 0.25) is 0 Å². The minimum Gasteiger partial charge on any atom is -0.273 e. The standard InChI is InChI=1S/C16H17N3O2/c20-15(11-8-9-11)18-19-14(10-4-3-5-10)17-13-7-2-1-6-12(13)16(19)21/h1-2,6-7,10-11H,3-5,8-9H2,(H,18,20). The first-order chi connectivity index (χ1) is 10.2. The predicted octanol–water partition coefficient (Wildman–Crippen LogP) is 2.14. The smallest absolute Gasteiger partial charge is 0.273 e. The van der Waals surface area contributed by atoms with E-state index in [-0.39, 0.29) is 23.3 Å². The number of benzene rings is 1. The summed E-state index contributed by atoms with van der Waals surface area (Å²) in [5.41, 5.74) is 3.32. The summed E-state index contributed by atoms with van der Waals surface area (Å²) in [5, 5.41) is 0.552. The number of fused-ring (bicyclic) bond motifs is 1. The summed E-state index contributed by atoms with van der Waals surface area (Å²) in [6.45, 7) is 0. The van der Waals surface area contributed by atoms with Crippen molar-refractivity contribution < 1.29 is 4.79 Å². The Labute approximate surface area is 122 Å². The van der Waals surface area contributed by atoms with E-state index in [0.717, 1.165) is 32.1 Å². The average molecular weight is 283 g/mol. The van der Waals surface area contributed by atoms with Crippen molar-refractivity contribution in [2.24, 2.45) is 5.92 Å². The number of hydrogen-bond acceptors (Lipinski definition) is 3. The summed E-state index contributed by atoms with van der Waals surface area (Å²) in [6.07, 6.45) is 5.05. The number of hydrogen-bond donors (Lipinski definition) is 1. The Morgan fingerprint density at radius 1 is 1.19 bits per heavy atom. The summed E-state index contributed by atoms with van der Waals surface area (Å²) in [7, 11) is 0. The van der Waals surface area contributed by atoms with Crippen LogP contribution in [0.25, 0.3) is 10.9 Å². The molecule has 0 unspecified atom stereocenters. The summed E-state index contributed by atoms with van der Waals surface area (Å²) in [5.74, 6) is 0.994. The van der Waals surface area contributed by atoms with Crippen LogP contribution in [0.15, 0.2) is 29.1 Å². The molecule has 1 aromatic carbocycles. The molecule has 5 nitrogen and oxygen atoms in total. The van der Waals surface area contributed by atoms with Gasteiger partial charge in [0.1, 0.15) is 5.82 Å². The van der Waals surface area contributed by atoms with Gasteiger partial charge in [0.15, 0.2) is 0 Å². The second kappa shape index (κ2) is 4.69. The van der Waals surface area contributed by atoms with E-state index in [1.165, 1.54) is 4.68 Å². The molecule has 2 aromatic rings. The van der Waals surface area contributed by atoms with E-state index in [0.29, 0.717) is 16.7 Å². The number of aromatic nitrogens is 2. The Hall–Kier alpha value is -2.17. The van der Waals surface area contributed by atoms with Crippen molar-refractivity contribution in [3.63, 3.8) is 0 Å². The lowest BCUT2D eigenvalue weighted by Gasteiger charge is -2.27. The van der Waals surface area contributed by atoms with Gasteiger partial charge in [0.2, 0.25) is 5.91 Å². The molecule has 1 N–H and O–H groups in total. The summed E-state index contributed by atoms with van der Waals surface area (Å²) < 4.78 is 1.40. The minimum atomic E-state index is -0.170. The van der Waals surface area contributed by atoms with Crippen LogP contribution in [-0.2, 0) is 4.79 Å². The fraction of sp³-hybridized carbons (Fsp3) is 0.438. The van der Waals surface area contributed by atoms with Gasteiger partial charge in [-0.15, -0.1) is 0 Å². The molecule has 1 aromatic heterocycles. The fourth-order valence-electron chi connectivity index (χ4n) is 2.75. The SMILES string of the molecule is O=C(Nn1c(C2CCC2)nc2ccccc2c1=O)C1CC1. The van der Waals surface area contributed by atoms with E-state index in [2.05, 4.69) is 10.4 Å².